The van der Waals surface area contributed by atoms with Gasteiger partial charge in [0.05, 0.1) is 6.10 Å². The normalized spacial score (nSPS) is 28.1. The highest BCUT2D eigenvalue weighted by atomic mass is 16.6. The van der Waals surface area contributed by atoms with Crippen molar-refractivity contribution in [1.29, 1.82) is 0 Å². The number of allylic oxidation sites excluding steroid dienone is 1. The maximum Gasteiger partial charge on any atom is 0.325 e. The van der Waals surface area contributed by atoms with E-state index in [0.717, 1.165) is 6.42 Å². The van der Waals surface area contributed by atoms with E-state index in [1.165, 1.54) is 0 Å². The van der Waals surface area contributed by atoms with E-state index in [-0.39, 0.29) is 12.5 Å². The molecule has 1 aliphatic carbocycles. The Kier molecular flexibility index (Phi) is 5.96. The highest BCUT2D eigenvalue weighted by molar-refractivity contribution is 5.86. The average molecular weight is 297 g/mol. The lowest BCUT2D eigenvalue weighted by Crippen LogP contribution is -2.43. The van der Waals surface area contributed by atoms with Gasteiger partial charge >= 0.3 is 5.97 Å². The van der Waals surface area contributed by atoms with Crippen LogP contribution >= 0.6 is 0 Å². The number of aliphatic hydroxyl groups is 1. The lowest BCUT2D eigenvalue weighted by Gasteiger charge is -2.30. The number of nitrogens with one attached hydrogen (secondary N) is 1. The number of carbonyl (C=O) groups excluding carboxylic acids is 2. The van der Waals surface area contributed by atoms with Crippen LogP contribution in [0.1, 0.15) is 53.4 Å². The van der Waals surface area contributed by atoms with Crippen LogP contribution in [0.5, 0.6) is 0 Å². The number of rotatable bonds is 3. The number of hydrogen-bond acceptors (Lipinski definition) is 4. The lowest BCUT2D eigenvalue weighted by molar-refractivity contribution is -0.155. The second-order valence-electron chi connectivity index (χ2n) is 6.90. The Hall–Kier alpha value is -1.36. The molecule has 0 aromatic carbocycles. The molecule has 120 valence electrons. The third-order valence-electron chi connectivity index (χ3n) is 3.57. The molecule has 0 radical (unpaired) electrons. The molecule has 0 fully saturated rings. The molecular weight excluding hydrogens is 270 g/mol. The van der Waals surface area contributed by atoms with Crippen molar-refractivity contribution in [2.45, 2.75) is 65.1 Å². The summed E-state index contributed by atoms with van der Waals surface area (Å²) in [7, 11) is 0. The summed E-state index contributed by atoms with van der Waals surface area (Å²) < 4.78 is 5.17. The minimum Gasteiger partial charge on any atom is -0.459 e. The van der Waals surface area contributed by atoms with Crippen molar-refractivity contribution in [2.24, 2.45) is 5.41 Å². The molecule has 0 heterocycles. The van der Waals surface area contributed by atoms with E-state index in [2.05, 4.69) is 5.32 Å². The van der Waals surface area contributed by atoms with E-state index in [9.17, 15) is 14.7 Å². The summed E-state index contributed by atoms with van der Waals surface area (Å²) >= 11 is 0. The molecule has 1 amide bonds. The van der Waals surface area contributed by atoms with Crippen LogP contribution in [0.4, 0.5) is 0 Å². The molecule has 2 N–H and O–H groups in total. The first kappa shape index (κ1) is 17.7. The number of aliphatic hydroxyl groups excluding tert-OH is 1. The third-order valence-corrected chi connectivity index (χ3v) is 3.57. The second kappa shape index (κ2) is 7.07. The van der Waals surface area contributed by atoms with Crippen molar-refractivity contribution in [3.05, 3.63) is 12.2 Å². The van der Waals surface area contributed by atoms with Gasteiger partial charge in [-0.3, -0.25) is 9.59 Å². The summed E-state index contributed by atoms with van der Waals surface area (Å²) in [6.07, 6.45) is 5.78. The highest BCUT2D eigenvalue weighted by Crippen LogP contribution is 2.32. The van der Waals surface area contributed by atoms with Gasteiger partial charge in [-0.2, -0.15) is 0 Å². The molecule has 0 bridgehead atoms. The molecule has 1 aliphatic rings. The van der Waals surface area contributed by atoms with Crippen LogP contribution in [0, 0.1) is 5.41 Å². The highest BCUT2D eigenvalue weighted by Gasteiger charge is 2.33. The van der Waals surface area contributed by atoms with Crippen LogP contribution in [0.2, 0.25) is 0 Å². The van der Waals surface area contributed by atoms with Crippen molar-refractivity contribution in [1.82, 2.24) is 5.32 Å². The first-order valence-electron chi connectivity index (χ1n) is 7.47. The maximum atomic E-state index is 12.3. The molecule has 0 saturated carbocycles. The van der Waals surface area contributed by atoms with Crippen molar-refractivity contribution in [3.8, 4) is 0 Å². The first-order valence-corrected chi connectivity index (χ1v) is 7.47. The van der Waals surface area contributed by atoms with Crippen LogP contribution < -0.4 is 5.32 Å². The van der Waals surface area contributed by atoms with E-state index in [4.69, 9.17) is 4.74 Å². The standard InChI is InChI=1S/C16H27NO4/c1-15(2,3)21-13(19)11-17-14(20)16(4)9-6-5-7-12(18)8-10-16/h5,7,12,18H,6,8-11H2,1-4H3,(H,17,20)/b7-5+/t12-,16+/m0/s1. The quantitative estimate of drug-likeness (QED) is 0.616. The SMILES string of the molecule is CC(C)(C)OC(=O)CNC(=O)[C@]1(C)CC/C=C/[C@H](O)CC1. The molecule has 0 aliphatic heterocycles. The van der Waals surface area contributed by atoms with Crippen LogP contribution in [0.15, 0.2) is 12.2 Å². The van der Waals surface area contributed by atoms with Gasteiger partial charge in [-0.1, -0.05) is 19.1 Å². The number of amides is 1. The molecule has 21 heavy (non-hydrogen) atoms. The predicted octanol–water partition coefficient (Wildman–Crippen LogP) is 1.94. The van der Waals surface area contributed by atoms with E-state index >= 15 is 0 Å². The van der Waals surface area contributed by atoms with Crippen molar-refractivity contribution in [3.63, 3.8) is 0 Å². The van der Waals surface area contributed by atoms with Gasteiger partial charge in [0.1, 0.15) is 12.1 Å². The number of hydrogen-bond donors (Lipinski definition) is 2. The fraction of sp³-hybridized carbons (Fsp3) is 0.750. The first-order chi connectivity index (χ1) is 9.62. The summed E-state index contributed by atoms with van der Waals surface area (Å²) in [6, 6.07) is 0. The Morgan fingerprint density at radius 1 is 1.38 bits per heavy atom. The summed E-state index contributed by atoms with van der Waals surface area (Å²) in [4.78, 5) is 24.0. The fourth-order valence-corrected chi connectivity index (χ4v) is 2.31. The zero-order valence-corrected chi connectivity index (χ0v) is 13.4. The number of carbonyl (C=O) groups is 2. The van der Waals surface area contributed by atoms with Gasteiger partial charge in [0, 0.05) is 5.41 Å². The topological polar surface area (TPSA) is 75.6 Å². The van der Waals surface area contributed by atoms with Crippen molar-refractivity contribution in [2.75, 3.05) is 6.54 Å². The molecule has 0 spiro atoms. The summed E-state index contributed by atoms with van der Waals surface area (Å²) in [5.41, 5.74) is -1.12. The van der Waals surface area contributed by atoms with Gasteiger partial charge in [-0.05, 0) is 46.5 Å². The monoisotopic (exact) mass is 297 g/mol. The van der Waals surface area contributed by atoms with Gasteiger partial charge < -0.3 is 15.2 Å². The average Bonchev–Trinajstić information content (AvgIpc) is 2.34. The molecule has 2 atom stereocenters. The maximum absolute atomic E-state index is 12.3. The molecule has 0 saturated heterocycles. The van der Waals surface area contributed by atoms with E-state index in [1.54, 1.807) is 26.8 Å². The van der Waals surface area contributed by atoms with E-state index in [1.807, 2.05) is 13.0 Å². The molecule has 0 aromatic heterocycles. The van der Waals surface area contributed by atoms with Gasteiger partial charge in [-0.15, -0.1) is 0 Å². The Labute approximate surface area is 126 Å². The van der Waals surface area contributed by atoms with Crippen LogP contribution in [0.3, 0.4) is 0 Å². The van der Waals surface area contributed by atoms with Gasteiger partial charge in [0.25, 0.3) is 0 Å². The third kappa shape index (κ3) is 6.29. The second-order valence-corrected chi connectivity index (χ2v) is 6.90. The fourth-order valence-electron chi connectivity index (χ4n) is 2.31. The molecular formula is C16H27NO4. The summed E-state index contributed by atoms with van der Waals surface area (Å²) in [6.45, 7) is 7.12. The van der Waals surface area contributed by atoms with Crippen molar-refractivity contribution >= 4 is 11.9 Å². The summed E-state index contributed by atoms with van der Waals surface area (Å²) in [5, 5.41) is 12.3. The smallest absolute Gasteiger partial charge is 0.325 e. The molecule has 5 nitrogen and oxygen atoms in total. The molecule has 5 heteroatoms. The Balaban J connectivity index is 2.53. The minimum atomic E-state index is -0.562. The summed E-state index contributed by atoms with van der Waals surface area (Å²) in [5.74, 6) is -0.596. The van der Waals surface area contributed by atoms with Crippen LogP contribution in [-0.2, 0) is 14.3 Å². The molecule has 1 rings (SSSR count). The van der Waals surface area contributed by atoms with E-state index in [0.29, 0.717) is 19.3 Å². The van der Waals surface area contributed by atoms with Crippen LogP contribution in [-0.4, -0.2) is 35.2 Å². The number of esters is 1. The molecule has 0 unspecified atom stereocenters. The van der Waals surface area contributed by atoms with Gasteiger partial charge in [-0.25, -0.2) is 0 Å². The largest absolute Gasteiger partial charge is 0.459 e. The Bertz CT molecular complexity index is 411. The zero-order valence-electron chi connectivity index (χ0n) is 13.4. The molecule has 0 aromatic rings. The Morgan fingerprint density at radius 3 is 2.67 bits per heavy atom. The van der Waals surface area contributed by atoms with Gasteiger partial charge in [0.2, 0.25) is 5.91 Å². The Morgan fingerprint density at radius 2 is 2.05 bits per heavy atom. The number of ether oxygens (including phenoxy) is 1. The lowest BCUT2D eigenvalue weighted by atomic mass is 9.78. The van der Waals surface area contributed by atoms with Gasteiger partial charge in [0.15, 0.2) is 0 Å². The van der Waals surface area contributed by atoms with Crippen LogP contribution in [0.25, 0.3) is 0 Å². The van der Waals surface area contributed by atoms with E-state index < -0.39 is 23.1 Å². The van der Waals surface area contributed by atoms with Crippen molar-refractivity contribution < 1.29 is 19.4 Å². The predicted molar refractivity (Wildman–Crippen MR) is 80.6 cm³/mol. The zero-order chi connectivity index (χ0) is 16.1. The minimum absolute atomic E-state index is 0.121.